The molecule has 250 valence electrons. The van der Waals surface area contributed by atoms with Crippen molar-refractivity contribution >= 4 is 33.3 Å². The van der Waals surface area contributed by atoms with E-state index in [-0.39, 0.29) is 97.6 Å². The maximum absolute atomic E-state index is 12.1. The summed E-state index contributed by atoms with van der Waals surface area (Å²) >= 11 is 0. The second-order valence-electron chi connectivity index (χ2n) is 8.26. The first kappa shape index (κ1) is 49.2. The zero-order valence-corrected chi connectivity index (χ0v) is 31.9. The standard InChI is InChI=1S/C32H35O8P.2Na.H2S.13H2/c1-3-5-7-9-11-13-15-16-17-19-20-22-24-26-31(33)38-28-30(29-39-41(35,36)37)40-32(34)27-25-23-21-18-14-12-10-8-6-4-2;;;;;;;;;;;;;;;;/h30H,4,6,8,10,12,14,18,21,23,25,27-29H2,1-2H3,(H2,35,36,37);;;1H2;13*1H/q;2*+1;;;;;;;;;;;;;;/p-2/t30-;;;;;;;;;;;;;;;;/m1................/s1. The smallest absolute Gasteiger partial charge is 0.790 e. The van der Waals surface area contributed by atoms with E-state index in [0.717, 1.165) is 19.3 Å². The van der Waals surface area contributed by atoms with Gasteiger partial charge in [0.2, 0.25) is 0 Å². The fourth-order valence-corrected chi connectivity index (χ4v) is 3.30. The summed E-state index contributed by atoms with van der Waals surface area (Å²) in [5.41, 5.74) is 0. The summed E-state index contributed by atoms with van der Waals surface area (Å²) in [6.45, 7) is 2.50. The van der Waals surface area contributed by atoms with Crippen molar-refractivity contribution in [2.75, 3.05) is 13.2 Å². The molecule has 0 bridgehead atoms. The van der Waals surface area contributed by atoms with Crippen molar-refractivity contribution in [1.29, 1.82) is 0 Å². The Morgan fingerprint density at radius 1 is 0.705 bits per heavy atom. The molecule has 0 heterocycles. The Labute approximate surface area is 333 Å². The summed E-state index contributed by atoms with van der Waals surface area (Å²) in [6, 6.07) is 0. The molecule has 8 nitrogen and oxygen atoms in total. The fraction of sp³-hybridized carbons (Fsp3) is 0.500. The number of phosphoric ester groups is 1. The predicted octanol–water partition coefficient (Wildman–Crippen LogP) is -0.0398. The first-order valence-corrected chi connectivity index (χ1v) is 14.7. The number of hydrogen-bond donors (Lipinski definition) is 0. The van der Waals surface area contributed by atoms with Gasteiger partial charge in [-0.1, -0.05) is 70.6 Å². The number of esters is 2. The Kier molecular flexibility index (Phi) is 40.0. The number of phosphoric acid groups is 1. The molecule has 0 aliphatic rings. The Morgan fingerprint density at radius 3 is 1.59 bits per heavy atom. The largest absolute Gasteiger partial charge is 1.00 e. The molecule has 0 fully saturated rings. The van der Waals surface area contributed by atoms with E-state index in [1.54, 1.807) is 6.92 Å². The van der Waals surface area contributed by atoms with E-state index in [0.29, 0.717) is 6.42 Å². The summed E-state index contributed by atoms with van der Waals surface area (Å²) in [6.07, 6.45) is 9.76. The molecule has 0 saturated carbocycles. The molecule has 0 aliphatic carbocycles. The summed E-state index contributed by atoms with van der Waals surface area (Å²) < 4.78 is 25.0. The summed E-state index contributed by atoms with van der Waals surface area (Å²) in [4.78, 5) is 45.5. The van der Waals surface area contributed by atoms with Gasteiger partial charge < -0.3 is 28.3 Å². The molecule has 0 aromatic rings. The molecule has 1 atom stereocenters. The van der Waals surface area contributed by atoms with E-state index in [2.05, 4.69) is 94.3 Å². The van der Waals surface area contributed by atoms with Crippen LogP contribution in [-0.4, -0.2) is 31.3 Å². The fourth-order valence-electron chi connectivity index (χ4n) is 2.95. The third kappa shape index (κ3) is 38.3. The van der Waals surface area contributed by atoms with E-state index in [1.807, 2.05) is 0 Å². The van der Waals surface area contributed by atoms with Crippen LogP contribution in [0.2, 0.25) is 0 Å². The van der Waals surface area contributed by atoms with Gasteiger partial charge in [0, 0.05) is 30.9 Å². The second-order valence-corrected chi connectivity index (χ2v) is 9.41. The van der Waals surface area contributed by atoms with Gasteiger partial charge in [-0.3, -0.25) is 4.79 Å². The van der Waals surface area contributed by atoms with Crippen LogP contribution < -0.4 is 68.9 Å². The van der Waals surface area contributed by atoms with E-state index >= 15 is 0 Å². The summed E-state index contributed by atoms with van der Waals surface area (Å²) in [7, 11) is -5.32. The van der Waals surface area contributed by atoms with Crippen molar-refractivity contribution < 1.29 is 116 Å². The molecule has 0 aliphatic heterocycles. The van der Waals surface area contributed by atoms with Gasteiger partial charge in [-0.15, -0.1) is 0 Å². The normalized spacial score (nSPS) is 9.00. The topological polar surface area (TPSA) is 125 Å². The number of ether oxygens (including phenoxy) is 2. The van der Waals surface area contributed by atoms with Gasteiger partial charge in [-0.25, -0.2) is 4.79 Å². The number of carbonyl (C=O) groups excluding carboxylic acids is 2. The van der Waals surface area contributed by atoms with Gasteiger partial charge in [0.05, 0.1) is 14.4 Å². The molecular weight excluding hydrogens is 621 g/mol. The molecule has 0 spiro atoms. The average molecular weight is 683 g/mol. The molecule has 0 unspecified atom stereocenters. The van der Waals surface area contributed by atoms with Crippen molar-refractivity contribution in [2.45, 2.75) is 90.6 Å². The van der Waals surface area contributed by atoms with Crippen LogP contribution in [0.5, 0.6) is 0 Å². The van der Waals surface area contributed by atoms with E-state index in [4.69, 9.17) is 9.47 Å². The van der Waals surface area contributed by atoms with Crippen LogP contribution in [0.3, 0.4) is 0 Å². The van der Waals surface area contributed by atoms with Crippen LogP contribution in [-0.2, 0) is 28.2 Å². The molecule has 12 heteroatoms. The van der Waals surface area contributed by atoms with E-state index in [9.17, 15) is 23.9 Å². The number of carbonyl (C=O) groups is 2. The number of unbranched alkanes of at least 4 members (excludes halogenated alkanes) is 9. The maximum Gasteiger partial charge on any atom is 1.00 e. The van der Waals surface area contributed by atoms with Crippen molar-refractivity contribution in [1.82, 2.24) is 0 Å². The molecule has 0 amide bonds. The zero-order chi connectivity index (χ0) is 30.4. The van der Waals surface area contributed by atoms with Crippen LogP contribution >= 0.6 is 21.3 Å². The van der Waals surface area contributed by atoms with Crippen molar-refractivity contribution in [2.24, 2.45) is 0 Å². The van der Waals surface area contributed by atoms with Crippen molar-refractivity contribution in [3.8, 4) is 82.9 Å². The van der Waals surface area contributed by atoms with Crippen molar-refractivity contribution in [3.05, 3.63) is 0 Å². The third-order valence-electron chi connectivity index (χ3n) is 4.83. The van der Waals surface area contributed by atoms with Crippen molar-refractivity contribution in [3.63, 3.8) is 0 Å². The van der Waals surface area contributed by atoms with Gasteiger partial charge >= 0.3 is 71.1 Å². The number of rotatable bonds is 17. The van der Waals surface area contributed by atoms with Gasteiger partial charge in [0.1, 0.15) is 6.61 Å². The molecule has 0 rings (SSSR count). The summed E-state index contributed by atoms with van der Waals surface area (Å²) in [5, 5.41) is 0. The van der Waals surface area contributed by atoms with Crippen LogP contribution in [0, 0.1) is 82.9 Å². The Bertz CT molecular complexity index is 1370. The van der Waals surface area contributed by atoms with Crippen LogP contribution in [0.25, 0.3) is 0 Å². The number of hydrogen-bond acceptors (Lipinski definition) is 8. The Hall–Kier alpha value is -1.68. The first-order chi connectivity index (χ1) is 19.8. The van der Waals surface area contributed by atoms with Gasteiger partial charge in [0.25, 0.3) is 0 Å². The molecule has 0 radical (unpaired) electrons. The predicted molar refractivity (Wildman–Crippen MR) is 189 cm³/mol. The third-order valence-corrected chi connectivity index (χ3v) is 5.29. The SMILES string of the molecule is CC#CC#CC#CC#CC#CC#CC#CC(=O)OC[C@H](COP(=O)([O-])[O-])OC(=O)CCCCCCCCCCCC.S.[HH].[HH].[HH].[HH].[HH].[HH].[HH].[HH].[HH].[HH].[HH].[HH].[HH].[Na+].[Na+]. The van der Waals surface area contributed by atoms with E-state index in [1.165, 1.54) is 38.5 Å². The Balaban J connectivity index is -0.0000000667. The second kappa shape index (κ2) is 35.8. The molecule has 0 saturated heterocycles. The molecule has 44 heavy (non-hydrogen) atoms. The molecule has 0 N–H and O–H groups in total. The average Bonchev–Trinajstić information content (AvgIpc) is 2.93. The molecule has 0 aromatic carbocycles. The van der Waals surface area contributed by atoms with Gasteiger partial charge in [0.15, 0.2) is 6.10 Å². The quantitative estimate of drug-likeness (QED) is 0.0523. The van der Waals surface area contributed by atoms with Gasteiger partial charge in [-0.2, -0.15) is 13.5 Å². The minimum Gasteiger partial charge on any atom is -0.790 e. The molecular formula is C32H61Na2O8PS. The van der Waals surface area contributed by atoms with Gasteiger partial charge in [-0.05, 0) is 84.4 Å². The van der Waals surface area contributed by atoms with E-state index < -0.39 is 39.1 Å². The minimum absolute atomic E-state index is 0. The first-order valence-electron chi connectivity index (χ1n) is 13.2. The monoisotopic (exact) mass is 682 g/mol. The summed E-state index contributed by atoms with van der Waals surface area (Å²) in [5.74, 6) is 32.0. The van der Waals surface area contributed by atoms with Crippen LogP contribution in [0.1, 0.15) is 103 Å². The maximum atomic E-state index is 12.1. The molecule has 0 aromatic heterocycles. The zero-order valence-electron chi connectivity index (χ0n) is 26.0. The Morgan fingerprint density at radius 2 is 1.14 bits per heavy atom. The minimum atomic E-state index is -5.32. The van der Waals surface area contributed by atoms with Crippen LogP contribution in [0.15, 0.2) is 0 Å². The van der Waals surface area contributed by atoms with Crippen LogP contribution in [0.4, 0.5) is 0 Å².